The number of aromatic nitrogens is 3. The van der Waals surface area contributed by atoms with Gasteiger partial charge in [-0.3, -0.25) is 4.98 Å². The van der Waals surface area contributed by atoms with Gasteiger partial charge in [0.05, 0.1) is 14.0 Å². The van der Waals surface area contributed by atoms with Gasteiger partial charge in [-0.05, 0) is 23.8 Å². The molecule has 0 bridgehead atoms. The minimum Gasteiger partial charge on any atom is -0.467 e. The summed E-state index contributed by atoms with van der Waals surface area (Å²) in [5.74, 6) is 0. The van der Waals surface area contributed by atoms with E-state index >= 15 is 0 Å². The van der Waals surface area contributed by atoms with Crippen LogP contribution in [0.1, 0.15) is 1.37 Å². The van der Waals surface area contributed by atoms with Crippen molar-refractivity contribution in [2.24, 2.45) is 0 Å². The van der Waals surface area contributed by atoms with Crippen LogP contribution >= 0.6 is 0 Å². The monoisotopic (exact) mass is 238 g/mol. The van der Waals surface area contributed by atoms with Gasteiger partial charge in [-0.2, -0.15) is 0 Å². The van der Waals surface area contributed by atoms with Crippen molar-refractivity contribution in [3.63, 3.8) is 0 Å². The first kappa shape index (κ1) is 9.53. The van der Waals surface area contributed by atoms with E-state index in [0.29, 0.717) is 6.01 Å². The van der Waals surface area contributed by atoms with Crippen molar-refractivity contribution in [1.82, 2.24) is 15.0 Å². The summed E-state index contributed by atoms with van der Waals surface area (Å²) < 4.78 is 12.4. The number of hydrogen-bond donors (Lipinski definition) is 0. The van der Waals surface area contributed by atoms with Gasteiger partial charge in [0.2, 0.25) is 0 Å². The zero-order valence-corrected chi connectivity index (χ0v) is 9.79. The molecule has 3 rings (SSSR count). The third kappa shape index (κ3) is 1.88. The summed E-state index contributed by atoms with van der Waals surface area (Å²) in [6.45, 7) is 0. The van der Waals surface area contributed by atoms with E-state index in [9.17, 15) is 0 Å². The van der Waals surface area contributed by atoms with E-state index < -0.39 is 0 Å². The average Bonchev–Trinajstić information content (AvgIpc) is 2.47. The van der Waals surface area contributed by atoms with Crippen LogP contribution in [-0.2, 0) is 0 Å². The van der Waals surface area contributed by atoms with Gasteiger partial charge in [0.1, 0.15) is 0 Å². The maximum atomic E-state index is 7.49. The minimum atomic E-state index is 0.271. The van der Waals surface area contributed by atoms with Gasteiger partial charge in [0, 0.05) is 29.5 Å². The Morgan fingerprint density at radius 3 is 2.67 bits per heavy atom. The van der Waals surface area contributed by atoms with Crippen LogP contribution < -0.4 is 4.74 Å². The predicted octanol–water partition coefficient (Wildman–Crippen LogP) is 2.70. The van der Waals surface area contributed by atoms with E-state index in [1.165, 1.54) is 7.11 Å². The number of methoxy groups -OCH3 is 1. The summed E-state index contributed by atoms with van der Waals surface area (Å²) in [6, 6.07) is 9.76. The van der Waals surface area contributed by atoms with Gasteiger partial charge in [0.15, 0.2) is 0 Å². The molecule has 0 saturated carbocycles. The first-order valence-electron chi connectivity index (χ1n) is 6.00. The van der Waals surface area contributed by atoms with Crippen LogP contribution in [0, 0.1) is 0 Å². The Labute approximate surface area is 106 Å². The predicted molar refractivity (Wildman–Crippen MR) is 69.3 cm³/mol. The van der Waals surface area contributed by atoms with Gasteiger partial charge in [0.25, 0.3) is 0 Å². The van der Waals surface area contributed by atoms with Gasteiger partial charge in [-0.25, -0.2) is 9.97 Å². The summed E-state index contributed by atoms with van der Waals surface area (Å²) in [4.78, 5) is 12.3. The van der Waals surface area contributed by atoms with E-state index in [4.69, 9.17) is 6.11 Å². The molecule has 18 heavy (non-hydrogen) atoms. The summed E-state index contributed by atoms with van der Waals surface area (Å²) in [6.07, 6.45) is 3.71. The number of hydrogen-bond acceptors (Lipinski definition) is 4. The molecule has 0 radical (unpaired) electrons. The molecule has 0 unspecified atom stereocenters. The minimum absolute atomic E-state index is 0.271. The topological polar surface area (TPSA) is 47.9 Å². The zero-order chi connectivity index (χ0) is 13.2. The Balaban J connectivity index is 2.06. The molecular weight excluding hydrogens is 226 g/mol. The highest BCUT2D eigenvalue weighted by Gasteiger charge is 2.02. The second kappa shape index (κ2) is 4.41. The van der Waals surface area contributed by atoms with Crippen LogP contribution in [0.15, 0.2) is 48.9 Å². The Kier molecular flexibility index (Phi) is 2.33. The van der Waals surface area contributed by atoms with E-state index in [0.717, 1.165) is 22.0 Å². The molecule has 0 aliphatic carbocycles. The van der Waals surface area contributed by atoms with Crippen molar-refractivity contribution < 1.29 is 6.11 Å². The molecule has 88 valence electrons. The highest BCUT2D eigenvalue weighted by Crippen LogP contribution is 2.22. The molecule has 0 spiro atoms. The van der Waals surface area contributed by atoms with Crippen molar-refractivity contribution in [2.45, 2.75) is 0 Å². The van der Waals surface area contributed by atoms with Gasteiger partial charge in [-0.15, -0.1) is 0 Å². The lowest BCUT2D eigenvalue weighted by Crippen LogP contribution is -1.91. The van der Waals surface area contributed by atoms with Crippen molar-refractivity contribution >= 4 is 10.9 Å². The van der Waals surface area contributed by atoms with Gasteiger partial charge in [-0.1, -0.05) is 12.1 Å². The molecule has 0 N–H and O–H groups in total. The van der Waals surface area contributed by atoms with E-state index in [1.807, 2.05) is 24.3 Å². The molecule has 0 fully saturated rings. The van der Waals surface area contributed by atoms with E-state index in [-0.39, 0.29) is 6.17 Å². The lowest BCUT2D eigenvalue weighted by Gasteiger charge is -2.03. The second-order valence-electron chi connectivity index (χ2n) is 3.81. The second-order valence-corrected chi connectivity index (χ2v) is 3.81. The first-order valence-corrected chi connectivity index (χ1v) is 5.50. The zero-order valence-electron chi connectivity index (χ0n) is 10.8. The molecule has 3 aromatic rings. The van der Waals surface area contributed by atoms with Crippen LogP contribution in [0.2, 0.25) is 0 Å². The number of nitrogens with zero attached hydrogens (tertiary/aromatic N) is 3. The number of rotatable bonds is 2. The van der Waals surface area contributed by atoms with Gasteiger partial charge >= 0.3 is 6.01 Å². The van der Waals surface area contributed by atoms with Crippen LogP contribution in [0.25, 0.3) is 22.0 Å². The fourth-order valence-corrected chi connectivity index (χ4v) is 1.77. The molecule has 0 aliphatic rings. The Morgan fingerprint density at radius 2 is 1.89 bits per heavy atom. The molecule has 2 aromatic heterocycles. The summed E-state index contributed by atoms with van der Waals surface area (Å²) in [5.41, 5.74) is 2.73. The number of benzene rings is 1. The Morgan fingerprint density at radius 1 is 1.06 bits per heavy atom. The molecule has 2 heterocycles. The smallest absolute Gasteiger partial charge is 0.316 e. The standard InChI is InChI=1S/C14H11N3O/c1-18-14-16-8-12(9-17-14)10-4-5-13-11(7-10)3-2-6-15-13/h2-9H,1H3/i6D. The lowest BCUT2D eigenvalue weighted by molar-refractivity contribution is 0.380. The fraction of sp³-hybridized carbons (Fsp3) is 0.0714. The Hall–Kier alpha value is -2.49. The van der Waals surface area contributed by atoms with E-state index in [2.05, 4.69) is 15.0 Å². The number of pyridine rings is 1. The molecule has 0 amide bonds. The summed E-state index contributed by atoms with van der Waals surface area (Å²) >= 11 is 0. The summed E-state index contributed by atoms with van der Waals surface area (Å²) in [7, 11) is 1.54. The van der Waals surface area contributed by atoms with E-state index in [1.54, 1.807) is 18.5 Å². The van der Waals surface area contributed by atoms with Crippen molar-refractivity contribution in [1.29, 1.82) is 0 Å². The van der Waals surface area contributed by atoms with Crippen molar-refractivity contribution in [3.05, 3.63) is 48.9 Å². The molecule has 0 saturated heterocycles. The largest absolute Gasteiger partial charge is 0.467 e. The van der Waals surface area contributed by atoms with Crippen LogP contribution in [-0.4, -0.2) is 22.1 Å². The SMILES string of the molecule is [2H]c1ccc2cc(-c3cnc(OC)nc3)ccc2n1. The van der Waals surface area contributed by atoms with Crippen LogP contribution in [0.5, 0.6) is 6.01 Å². The highest BCUT2D eigenvalue weighted by molar-refractivity contribution is 5.83. The van der Waals surface area contributed by atoms with Crippen molar-refractivity contribution in [3.8, 4) is 17.1 Å². The molecule has 4 heteroatoms. The maximum absolute atomic E-state index is 7.49. The number of ether oxygens (including phenoxy) is 1. The maximum Gasteiger partial charge on any atom is 0.316 e. The third-order valence-corrected chi connectivity index (χ3v) is 2.69. The van der Waals surface area contributed by atoms with Crippen molar-refractivity contribution in [2.75, 3.05) is 7.11 Å². The molecule has 0 atom stereocenters. The quantitative estimate of drug-likeness (QED) is 0.688. The van der Waals surface area contributed by atoms with Crippen LogP contribution in [0.4, 0.5) is 0 Å². The van der Waals surface area contributed by atoms with Gasteiger partial charge < -0.3 is 4.74 Å². The lowest BCUT2D eigenvalue weighted by atomic mass is 10.1. The number of fused-ring (bicyclic) bond motifs is 1. The molecule has 4 nitrogen and oxygen atoms in total. The molecule has 1 aromatic carbocycles. The summed E-state index contributed by atoms with van der Waals surface area (Å²) in [5, 5.41) is 0.990. The highest BCUT2D eigenvalue weighted by atomic mass is 16.5. The normalized spacial score (nSPS) is 11.3. The average molecular weight is 238 g/mol. The fourth-order valence-electron chi connectivity index (χ4n) is 1.77. The molecular formula is C14H11N3O. The Bertz CT molecular complexity index is 728. The van der Waals surface area contributed by atoms with Crippen LogP contribution in [0.3, 0.4) is 0 Å². The molecule has 0 aliphatic heterocycles. The third-order valence-electron chi connectivity index (χ3n) is 2.69. The first-order chi connectivity index (χ1) is 9.26.